The molecule has 0 bridgehead atoms. The molecule has 2 aromatic carbocycles. The van der Waals surface area contributed by atoms with Gasteiger partial charge in [0.1, 0.15) is 5.82 Å². The largest absolute Gasteiger partial charge is 0.337 e. The van der Waals surface area contributed by atoms with Gasteiger partial charge in [0.2, 0.25) is 0 Å². The third-order valence-electron chi connectivity index (χ3n) is 5.16. The summed E-state index contributed by atoms with van der Waals surface area (Å²) in [7, 11) is 2.01. The quantitative estimate of drug-likeness (QED) is 0.399. The summed E-state index contributed by atoms with van der Waals surface area (Å²) in [4.78, 5) is 4.43. The SMILES string of the molecule is Cn1ccnc1CSc1nnc(-c2ccc(C(C)(C)C)cc2)n1Cc1ccccc1. The van der Waals surface area contributed by atoms with E-state index in [4.69, 9.17) is 0 Å². The summed E-state index contributed by atoms with van der Waals surface area (Å²) in [6.45, 7) is 7.41. The van der Waals surface area contributed by atoms with Crippen molar-refractivity contribution in [1.29, 1.82) is 0 Å². The average molecular weight is 418 g/mol. The minimum Gasteiger partial charge on any atom is -0.337 e. The number of hydrogen-bond acceptors (Lipinski definition) is 4. The Hall–Kier alpha value is -2.86. The number of nitrogens with zero attached hydrogens (tertiary/aromatic N) is 5. The zero-order chi connectivity index (χ0) is 21.1. The molecule has 0 aliphatic carbocycles. The topological polar surface area (TPSA) is 48.5 Å². The molecule has 0 aliphatic heterocycles. The zero-order valence-electron chi connectivity index (χ0n) is 17.9. The summed E-state index contributed by atoms with van der Waals surface area (Å²) in [5, 5.41) is 9.99. The third-order valence-corrected chi connectivity index (χ3v) is 6.12. The van der Waals surface area contributed by atoms with Crippen LogP contribution in [0.3, 0.4) is 0 Å². The highest BCUT2D eigenvalue weighted by atomic mass is 32.2. The van der Waals surface area contributed by atoms with Crippen LogP contribution in [-0.2, 0) is 24.8 Å². The zero-order valence-corrected chi connectivity index (χ0v) is 18.7. The number of aromatic nitrogens is 5. The molecule has 5 nitrogen and oxygen atoms in total. The lowest BCUT2D eigenvalue weighted by molar-refractivity contribution is 0.590. The van der Waals surface area contributed by atoms with Crippen LogP contribution in [0.25, 0.3) is 11.4 Å². The van der Waals surface area contributed by atoms with E-state index in [1.165, 1.54) is 11.1 Å². The number of hydrogen-bond donors (Lipinski definition) is 0. The second-order valence-corrected chi connectivity index (χ2v) is 9.39. The number of thioether (sulfide) groups is 1. The summed E-state index contributed by atoms with van der Waals surface area (Å²) in [5.41, 5.74) is 3.74. The molecule has 0 unspecified atom stereocenters. The lowest BCUT2D eigenvalue weighted by Crippen LogP contribution is -2.10. The van der Waals surface area contributed by atoms with Crippen molar-refractivity contribution >= 4 is 11.8 Å². The van der Waals surface area contributed by atoms with Crippen molar-refractivity contribution in [3.63, 3.8) is 0 Å². The third kappa shape index (κ3) is 4.49. The van der Waals surface area contributed by atoms with Crippen LogP contribution in [0.15, 0.2) is 72.1 Å². The minimum atomic E-state index is 0.124. The van der Waals surface area contributed by atoms with E-state index in [2.05, 4.69) is 89.1 Å². The lowest BCUT2D eigenvalue weighted by Gasteiger charge is -2.19. The maximum atomic E-state index is 4.56. The van der Waals surface area contributed by atoms with E-state index >= 15 is 0 Å². The molecule has 0 aliphatic rings. The fourth-order valence-corrected chi connectivity index (χ4v) is 4.24. The van der Waals surface area contributed by atoms with Crippen molar-refractivity contribution in [2.45, 2.75) is 43.6 Å². The molecule has 2 aromatic heterocycles. The van der Waals surface area contributed by atoms with Gasteiger partial charge in [0.15, 0.2) is 11.0 Å². The highest BCUT2D eigenvalue weighted by molar-refractivity contribution is 7.98. The molecule has 0 atom stereocenters. The van der Waals surface area contributed by atoms with Crippen LogP contribution in [0, 0.1) is 0 Å². The van der Waals surface area contributed by atoms with Crippen LogP contribution in [0.2, 0.25) is 0 Å². The van der Waals surface area contributed by atoms with Gasteiger partial charge in [-0.15, -0.1) is 10.2 Å². The first kappa shape index (κ1) is 20.4. The van der Waals surface area contributed by atoms with E-state index in [0.29, 0.717) is 0 Å². The second-order valence-electron chi connectivity index (χ2n) is 8.45. The molecule has 0 fully saturated rings. The molecule has 30 heavy (non-hydrogen) atoms. The highest BCUT2D eigenvalue weighted by Gasteiger charge is 2.18. The summed E-state index contributed by atoms with van der Waals surface area (Å²) in [5.74, 6) is 2.66. The molecule has 4 rings (SSSR count). The van der Waals surface area contributed by atoms with E-state index in [1.54, 1.807) is 11.8 Å². The molecule has 6 heteroatoms. The molecule has 0 saturated carbocycles. The Morgan fingerprint density at radius 3 is 2.30 bits per heavy atom. The first-order chi connectivity index (χ1) is 14.4. The maximum absolute atomic E-state index is 4.56. The van der Waals surface area contributed by atoms with Crippen LogP contribution in [0.4, 0.5) is 0 Å². The van der Waals surface area contributed by atoms with Crippen molar-refractivity contribution in [3.8, 4) is 11.4 Å². The van der Waals surface area contributed by atoms with E-state index < -0.39 is 0 Å². The fourth-order valence-electron chi connectivity index (χ4n) is 3.30. The Bertz CT molecular complexity index is 1100. The molecule has 0 saturated heterocycles. The standard InChI is InChI=1S/C24H27N5S/c1-24(2,3)20-12-10-19(11-13-20)22-26-27-23(30-17-21-25-14-15-28(21)4)29(22)16-18-8-6-5-7-9-18/h5-15H,16-17H2,1-4H3. The monoisotopic (exact) mass is 417 g/mol. The Balaban J connectivity index is 1.67. The average Bonchev–Trinajstić information content (AvgIpc) is 3.32. The summed E-state index contributed by atoms with van der Waals surface area (Å²) >= 11 is 1.67. The predicted molar refractivity (Wildman–Crippen MR) is 122 cm³/mol. The first-order valence-corrected chi connectivity index (χ1v) is 11.1. The molecular weight excluding hydrogens is 390 g/mol. The molecular formula is C24H27N5S. The Kier molecular flexibility index (Phi) is 5.77. The minimum absolute atomic E-state index is 0.124. The van der Waals surface area contributed by atoms with Gasteiger partial charge in [0.05, 0.1) is 12.3 Å². The van der Waals surface area contributed by atoms with E-state index in [9.17, 15) is 0 Å². The van der Waals surface area contributed by atoms with E-state index in [-0.39, 0.29) is 5.41 Å². The van der Waals surface area contributed by atoms with Crippen LogP contribution in [-0.4, -0.2) is 24.3 Å². The van der Waals surface area contributed by atoms with Gasteiger partial charge in [0, 0.05) is 25.0 Å². The van der Waals surface area contributed by atoms with Gasteiger partial charge >= 0.3 is 0 Å². The maximum Gasteiger partial charge on any atom is 0.192 e. The van der Waals surface area contributed by atoms with Gasteiger partial charge in [-0.2, -0.15) is 0 Å². The summed E-state index contributed by atoms with van der Waals surface area (Å²) in [6, 6.07) is 19.1. The molecule has 0 spiro atoms. The van der Waals surface area contributed by atoms with Gasteiger partial charge < -0.3 is 4.57 Å². The van der Waals surface area contributed by atoms with Gasteiger partial charge in [0.25, 0.3) is 0 Å². The first-order valence-electron chi connectivity index (χ1n) is 10.1. The van der Waals surface area contributed by atoms with Crippen molar-refractivity contribution in [1.82, 2.24) is 24.3 Å². The smallest absolute Gasteiger partial charge is 0.192 e. The Labute approximate surface area is 182 Å². The van der Waals surface area contributed by atoms with Crippen LogP contribution in [0.1, 0.15) is 37.7 Å². The van der Waals surface area contributed by atoms with Gasteiger partial charge in [-0.25, -0.2) is 4.98 Å². The number of imidazole rings is 1. The van der Waals surface area contributed by atoms with Gasteiger partial charge in [-0.3, -0.25) is 4.57 Å². The molecule has 4 aromatic rings. The summed E-state index contributed by atoms with van der Waals surface area (Å²) < 4.78 is 4.24. The molecule has 0 N–H and O–H groups in total. The Morgan fingerprint density at radius 1 is 0.933 bits per heavy atom. The van der Waals surface area contributed by atoms with Crippen LogP contribution in [0.5, 0.6) is 0 Å². The number of aryl methyl sites for hydroxylation is 1. The molecule has 0 radical (unpaired) electrons. The van der Waals surface area contributed by atoms with E-state index in [1.807, 2.05) is 30.1 Å². The molecule has 154 valence electrons. The number of benzene rings is 2. The normalized spacial score (nSPS) is 11.7. The summed E-state index contributed by atoms with van der Waals surface area (Å²) in [6.07, 6.45) is 3.79. The highest BCUT2D eigenvalue weighted by Crippen LogP contribution is 2.29. The second kappa shape index (κ2) is 8.48. The molecule has 2 heterocycles. The lowest BCUT2D eigenvalue weighted by atomic mass is 9.87. The van der Waals surface area contributed by atoms with Gasteiger partial charge in [-0.1, -0.05) is 87.1 Å². The van der Waals surface area contributed by atoms with Gasteiger partial charge in [-0.05, 0) is 16.5 Å². The van der Waals surface area contributed by atoms with Crippen molar-refractivity contribution in [2.75, 3.05) is 0 Å². The van der Waals surface area contributed by atoms with Crippen molar-refractivity contribution in [3.05, 3.63) is 83.9 Å². The number of rotatable bonds is 6. The van der Waals surface area contributed by atoms with E-state index in [0.717, 1.165) is 34.7 Å². The van der Waals surface area contributed by atoms with Crippen molar-refractivity contribution in [2.24, 2.45) is 7.05 Å². The molecule has 0 amide bonds. The Morgan fingerprint density at radius 2 is 1.67 bits per heavy atom. The van der Waals surface area contributed by atoms with Crippen LogP contribution >= 0.6 is 11.8 Å². The fraction of sp³-hybridized carbons (Fsp3) is 0.292. The van der Waals surface area contributed by atoms with Crippen LogP contribution < -0.4 is 0 Å². The van der Waals surface area contributed by atoms with Crippen molar-refractivity contribution < 1.29 is 0 Å². The predicted octanol–water partition coefficient (Wildman–Crippen LogP) is 5.32.